The first kappa shape index (κ1) is 20.9. The summed E-state index contributed by atoms with van der Waals surface area (Å²) < 4.78 is 1.96. The molecule has 1 amide bonds. The SMILES string of the molecule is CN1CCN(CCCNC(=O)c2cnn3c2NC(c2ccccc2)CC3(C)C)CC1. The van der Waals surface area contributed by atoms with Gasteiger partial charge in [0.15, 0.2) is 0 Å². The summed E-state index contributed by atoms with van der Waals surface area (Å²) >= 11 is 0. The summed E-state index contributed by atoms with van der Waals surface area (Å²) in [4.78, 5) is 17.7. The third kappa shape index (κ3) is 4.52. The Morgan fingerprint density at radius 3 is 2.67 bits per heavy atom. The molecule has 2 N–H and O–H groups in total. The van der Waals surface area contributed by atoms with Gasteiger partial charge in [0.2, 0.25) is 0 Å². The van der Waals surface area contributed by atoms with Crippen molar-refractivity contribution in [1.82, 2.24) is 24.9 Å². The number of piperazine rings is 1. The summed E-state index contributed by atoms with van der Waals surface area (Å²) in [7, 11) is 2.17. The van der Waals surface area contributed by atoms with E-state index in [1.165, 1.54) is 5.56 Å². The van der Waals surface area contributed by atoms with Gasteiger partial charge >= 0.3 is 0 Å². The number of anilines is 1. The van der Waals surface area contributed by atoms with Gasteiger partial charge in [0.05, 0.1) is 17.8 Å². The maximum Gasteiger partial charge on any atom is 0.256 e. The van der Waals surface area contributed by atoms with Crippen molar-refractivity contribution in [1.29, 1.82) is 0 Å². The standard InChI is InChI=1S/C23H34N6O/c1-23(2)16-20(18-8-5-4-6-9-18)26-21-19(17-25-29(21)23)22(30)24-10-7-11-28-14-12-27(3)13-15-28/h4-6,8-9,17,20,26H,7,10-16H2,1-3H3,(H,24,30). The Morgan fingerprint density at radius 2 is 1.93 bits per heavy atom. The van der Waals surface area contributed by atoms with Crippen molar-refractivity contribution in [2.75, 3.05) is 51.6 Å². The van der Waals surface area contributed by atoms with Crippen molar-refractivity contribution >= 4 is 11.7 Å². The number of carbonyl (C=O) groups is 1. The maximum absolute atomic E-state index is 12.9. The van der Waals surface area contributed by atoms with Crippen LogP contribution in [-0.4, -0.2) is 71.8 Å². The lowest BCUT2D eigenvalue weighted by molar-refractivity contribution is 0.0949. The summed E-state index contributed by atoms with van der Waals surface area (Å²) in [6, 6.07) is 10.6. The van der Waals surface area contributed by atoms with Gasteiger partial charge in [0, 0.05) is 32.7 Å². The summed E-state index contributed by atoms with van der Waals surface area (Å²) in [6.45, 7) is 10.5. The molecule has 0 saturated carbocycles. The second-order valence-electron chi connectivity index (χ2n) is 9.20. The number of rotatable bonds is 6. The minimum Gasteiger partial charge on any atom is -0.363 e. The van der Waals surface area contributed by atoms with E-state index < -0.39 is 0 Å². The molecule has 1 unspecified atom stereocenters. The first-order chi connectivity index (χ1) is 14.4. The predicted molar refractivity (Wildman–Crippen MR) is 120 cm³/mol. The Balaban J connectivity index is 1.37. The molecule has 30 heavy (non-hydrogen) atoms. The number of carbonyl (C=O) groups excluding carboxylic acids is 1. The molecule has 1 saturated heterocycles. The van der Waals surface area contributed by atoms with Crippen molar-refractivity contribution in [2.45, 2.75) is 38.3 Å². The van der Waals surface area contributed by atoms with E-state index in [1.54, 1.807) is 6.20 Å². The van der Waals surface area contributed by atoms with Crippen LogP contribution in [0.5, 0.6) is 0 Å². The van der Waals surface area contributed by atoms with E-state index in [2.05, 4.69) is 70.7 Å². The molecule has 1 aromatic carbocycles. The Kier molecular flexibility index (Phi) is 6.11. The molecule has 7 heteroatoms. The number of benzene rings is 1. The Labute approximate surface area is 179 Å². The number of nitrogens with zero attached hydrogens (tertiary/aromatic N) is 4. The molecule has 3 heterocycles. The van der Waals surface area contributed by atoms with Crippen LogP contribution < -0.4 is 10.6 Å². The zero-order valence-electron chi connectivity index (χ0n) is 18.4. The van der Waals surface area contributed by atoms with Crippen LogP contribution in [-0.2, 0) is 5.54 Å². The van der Waals surface area contributed by atoms with Crippen LogP contribution in [0.1, 0.15) is 48.7 Å². The number of likely N-dealkylation sites (N-methyl/N-ethyl adjacent to an activating group) is 1. The highest BCUT2D eigenvalue weighted by molar-refractivity contribution is 5.98. The largest absolute Gasteiger partial charge is 0.363 e. The lowest BCUT2D eigenvalue weighted by Crippen LogP contribution is -2.45. The maximum atomic E-state index is 12.9. The van der Waals surface area contributed by atoms with Crippen LogP contribution in [0.4, 0.5) is 5.82 Å². The number of hydrogen-bond donors (Lipinski definition) is 2. The number of nitrogens with one attached hydrogen (secondary N) is 2. The summed E-state index contributed by atoms with van der Waals surface area (Å²) in [5.74, 6) is 0.767. The van der Waals surface area contributed by atoms with Gasteiger partial charge in [-0.1, -0.05) is 30.3 Å². The molecule has 0 bridgehead atoms. The predicted octanol–water partition coefficient (Wildman–Crippen LogP) is 2.54. The monoisotopic (exact) mass is 410 g/mol. The lowest BCUT2D eigenvalue weighted by Gasteiger charge is -2.38. The molecule has 1 atom stereocenters. The van der Waals surface area contributed by atoms with E-state index in [0.29, 0.717) is 12.1 Å². The van der Waals surface area contributed by atoms with Crippen LogP contribution in [0.25, 0.3) is 0 Å². The number of hydrogen-bond acceptors (Lipinski definition) is 5. The molecule has 2 aliphatic rings. The summed E-state index contributed by atoms with van der Waals surface area (Å²) in [5.41, 5.74) is 1.70. The molecule has 2 aliphatic heterocycles. The lowest BCUT2D eigenvalue weighted by atomic mass is 9.89. The van der Waals surface area contributed by atoms with E-state index in [-0.39, 0.29) is 17.5 Å². The van der Waals surface area contributed by atoms with Gasteiger partial charge in [0.25, 0.3) is 5.91 Å². The minimum absolute atomic E-state index is 0.0494. The molecule has 0 radical (unpaired) electrons. The topological polar surface area (TPSA) is 65.4 Å². The van der Waals surface area contributed by atoms with Gasteiger partial charge in [-0.2, -0.15) is 5.10 Å². The first-order valence-electron chi connectivity index (χ1n) is 11.0. The highest BCUT2D eigenvalue weighted by Crippen LogP contribution is 2.39. The number of aromatic nitrogens is 2. The quantitative estimate of drug-likeness (QED) is 0.717. The van der Waals surface area contributed by atoms with Crippen molar-refractivity contribution < 1.29 is 4.79 Å². The first-order valence-corrected chi connectivity index (χ1v) is 11.0. The molecule has 7 nitrogen and oxygen atoms in total. The molecule has 2 aromatic rings. The molecule has 162 valence electrons. The highest BCUT2D eigenvalue weighted by Gasteiger charge is 2.36. The third-order valence-corrected chi connectivity index (χ3v) is 6.34. The fourth-order valence-electron chi connectivity index (χ4n) is 4.47. The van der Waals surface area contributed by atoms with Crippen molar-refractivity contribution in [2.24, 2.45) is 0 Å². The molecule has 1 aromatic heterocycles. The van der Waals surface area contributed by atoms with Crippen LogP contribution in [0, 0.1) is 0 Å². The number of fused-ring (bicyclic) bond motifs is 1. The number of amides is 1. The van der Waals surface area contributed by atoms with E-state index in [1.807, 2.05) is 10.7 Å². The molecule has 0 aliphatic carbocycles. The normalized spacial score (nSPS) is 21.6. The second kappa shape index (κ2) is 8.78. The van der Waals surface area contributed by atoms with Crippen molar-refractivity contribution in [3.63, 3.8) is 0 Å². The zero-order valence-corrected chi connectivity index (χ0v) is 18.4. The van der Waals surface area contributed by atoms with Crippen LogP contribution in [0.3, 0.4) is 0 Å². The van der Waals surface area contributed by atoms with E-state index in [4.69, 9.17) is 0 Å². The molecule has 0 spiro atoms. The Bertz CT molecular complexity index is 854. The summed E-state index contributed by atoms with van der Waals surface area (Å²) in [6.07, 6.45) is 3.58. The Morgan fingerprint density at radius 1 is 1.20 bits per heavy atom. The fourth-order valence-corrected chi connectivity index (χ4v) is 4.47. The molecule has 4 rings (SSSR count). The van der Waals surface area contributed by atoms with Crippen molar-refractivity contribution in [3.8, 4) is 0 Å². The van der Waals surface area contributed by atoms with E-state index >= 15 is 0 Å². The van der Waals surface area contributed by atoms with E-state index in [9.17, 15) is 4.79 Å². The fraction of sp³-hybridized carbons (Fsp3) is 0.565. The van der Waals surface area contributed by atoms with Gasteiger partial charge in [-0.05, 0) is 45.8 Å². The van der Waals surface area contributed by atoms with Gasteiger partial charge in [0.1, 0.15) is 11.4 Å². The molecular formula is C23H34N6O. The van der Waals surface area contributed by atoms with E-state index in [0.717, 1.165) is 51.4 Å². The van der Waals surface area contributed by atoms with Gasteiger partial charge in [-0.3, -0.25) is 4.79 Å². The van der Waals surface area contributed by atoms with Crippen LogP contribution in [0.2, 0.25) is 0 Å². The average molecular weight is 411 g/mol. The highest BCUT2D eigenvalue weighted by atomic mass is 16.1. The van der Waals surface area contributed by atoms with Crippen LogP contribution in [0.15, 0.2) is 36.5 Å². The van der Waals surface area contributed by atoms with Gasteiger partial charge in [-0.25, -0.2) is 4.68 Å². The molecule has 1 fully saturated rings. The third-order valence-electron chi connectivity index (χ3n) is 6.34. The molecular weight excluding hydrogens is 376 g/mol. The smallest absolute Gasteiger partial charge is 0.256 e. The summed E-state index contributed by atoms with van der Waals surface area (Å²) in [5, 5.41) is 11.2. The van der Waals surface area contributed by atoms with Crippen molar-refractivity contribution in [3.05, 3.63) is 47.7 Å². The average Bonchev–Trinajstić information content (AvgIpc) is 3.18. The minimum atomic E-state index is -0.166. The van der Waals surface area contributed by atoms with Gasteiger partial charge < -0.3 is 20.4 Å². The Hall–Kier alpha value is -2.38. The van der Waals surface area contributed by atoms with Gasteiger partial charge in [-0.15, -0.1) is 0 Å². The second-order valence-corrected chi connectivity index (χ2v) is 9.20. The van der Waals surface area contributed by atoms with Crippen LogP contribution >= 0.6 is 0 Å². The zero-order chi connectivity index (χ0) is 21.1.